The van der Waals surface area contributed by atoms with Gasteiger partial charge in [0.2, 0.25) is 0 Å². The van der Waals surface area contributed by atoms with Crippen LogP contribution in [0.2, 0.25) is 0 Å². The highest BCUT2D eigenvalue weighted by atomic mass is 32.2. The summed E-state index contributed by atoms with van der Waals surface area (Å²) in [6.07, 6.45) is 19.5. The smallest absolute Gasteiger partial charge is 0.0706 e. The molecule has 0 aromatic rings. The largest absolute Gasteiger partial charge is 0.283 e. The maximum Gasteiger partial charge on any atom is 0.0706 e. The van der Waals surface area contributed by atoms with Crippen molar-refractivity contribution in [3.05, 3.63) is 0 Å². The van der Waals surface area contributed by atoms with Gasteiger partial charge in [-0.15, -0.1) is 11.8 Å². The molecule has 0 N–H and O–H groups in total. The zero-order valence-electron chi connectivity index (χ0n) is 15.2. The van der Waals surface area contributed by atoms with E-state index in [0.717, 1.165) is 12.5 Å². The molecule has 0 saturated heterocycles. The number of hydrogen-bond acceptors (Lipinski definition) is 2. The number of nitrogens with zero attached hydrogens (tertiary/aromatic N) is 1. The zero-order valence-corrected chi connectivity index (χ0v) is 16.1. The molecule has 0 amide bonds. The van der Waals surface area contributed by atoms with Crippen molar-refractivity contribution in [1.29, 1.82) is 0 Å². The second-order valence-electron chi connectivity index (χ2n) is 6.88. The first kappa shape index (κ1) is 20.1. The molecule has 2 heteroatoms. The molecule has 1 rings (SSSR count). The second-order valence-corrected chi connectivity index (χ2v) is 7.99. The average molecular weight is 326 g/mol. The zero-order chi connectivity index (χ0) is 15.9. The van der Waals surface area contributed by atoms with Crippen molar-refractivity contribution in [3.8, 4) is 0 Å². The van der Waals surface area contributed by atoms with Crippen LogP contribution < -0.4 is 0 Å². The fourth-order valence-corrected chi connectivity index (χ4v) is 4.46. The molecule has 1 heterocycles. The Morgan fingerprint density at radius 2 is 1.45 bits per heavy atom. The molecular weight excluding hydrogens is 286 g/mol. The second kappa shape index (κ2) is 14.6. The normalized spacial score (nSPS) is 20.0. The van der Waals surface area contributed by atoms with Gasteiger partial charge in [-0.3, -0.25) is 4.99 Å². The van der Waals surface area contributed by atoms with E-state index < -0.39 is 0 Å². The molecule has 0 spiro atoms. The number of unbranched alkanes of at least 4 members (excludes halogenated alkanes) is 7. The third-order valence-corrected chi connectivity index (χ3v) is 5.98. The van der Waals surface area contributed by atoms with Gasteiger partial charge in [-0.05, 0) is 31.4 Å². The lowest BCUT2D eigenvalue weighted by Crippen LogP contribution is -2.14. The molecule has 0 bridgehead atoms. The molecule has 1 nitrogen and oxygen atoms in total. The first-order chi connectivity index (χ1) is 10.9. The average Bonchev–Trinajstić information content (AvgIpc) is 2.49. The molecule has 0 fully saturated rings. The Morgan fingerprint density at radius 3 is 2.14 bits per heavy atom. The lowest BCUT2D eigenvalue weighted by molar-refractivity contribution is 0.493. The maximum absolute atomic E-state index is 4.98. The van der Waals surface area contributed by atoms with E-state index in [-0.39, 0.29) is 0 Å². The van der Waals surface area contributed by atoms with Crippen LogP contribution in [0.25, 0.3) is 0 Å². The first-order valence-corrected chi connectivity index (χ1v) is 11.0. The molecule has 0 aromatic heterocycles. The topological polar surface area (TPSA) is 12.4 Å². The Bertz CT molecular complexity index is 275. The fourth-order valence-electron chi connectivity index (χ4n) is 3.25. The SMILES string of the molecule is CCCCCCCC(CCCCCC)/C1=N/CCCCCS1. The van der Waals surface area contributed by atoms with Gasteiger partial charge >= 0.3 is 0 Å². The molecule has 22 heavy (non-hydrogen) atoms. The van der Waals surface area contributed by atoms with E-state index in [1.54, 1.807) is 0 Å². The minimum absolute atomic E-state index is 0.779. The molecule has 1 unspecified atom stereocenters. The quantitative estimate of drug-likeness (QED) is 0.344. The molecule has 1 aliphatic rings. The Hall–Kier alpha value is 0.0200. The van der Waals surface area contributed by atoms with Gasteiger partial charge in [0.1, 0.15) is 0 Å². The number of thioether (sulfide) groups is 1. The minimum atomic E-state index is 0.779. The third kappa shape index (κ3) is 9.92. The molecule has 130 valence electrons. The molecule has 0 radical (unpaired) electrons. The van der Waals surface area contributed by atoms with Crippen LogP contribution in [0.1, 0.15) is 104 Å². The standard InChI is InChI=1S/C20H39NS/c1-3-5-7-9-12-16-19(15-11-8-6-4-2)20-21-17-13-10-14-18-22-20/h19H,3-18H2,1-2H3/b21-20-. The summed E-state index contributed by atoms with van der Waals surface area (Å²) >= 11 is 2.09. The summed E-state index contributed by atoms with van der Waals surface area (Å²) in [4.78, 5) is 4.98. The maximum atomic E-state index is 4.98. The van der Waals surface area contributed by atoms with Gasteiger partial charge in [0.25, 0.3) is 0 Å². The van der Waals surface area contributed by atoms with E-state index in [0.29, 0.717) is 0 Å². The van der Waals surface area contributed by atoms with Crippen molar-refractivity contribution in [2.75, 3.05) is 12.3 Å². The van der Waals surface area contributed by atoms with Crippen LogP contribution in [0.5, 0.6) is 0 Å². The van der Waals surface area contributed by atoms with Gasteiger partial charge in [0, 0.05) is 12.5 Å². The van der Waals surface area contributed by atoms with Crippen molar-refractivity contribution in [1.82, 2.24) is 0 Å². The van der Waals surface area contributed by atoms with Crippen LogP contribution in [-0.2, 0) is 0 Å². The molecule has 0 saturated carbocycles. The lowest BCUT2D eigenvalue weighted by atomic mass is 9.95. The number of rotatable bonds is 12. The molecule has 1 atom stereocenters. The van der Waals surface area contributed by atoms with Crippen molar-refractivity contribution < 1.29 is 0 Å². The van der Waals surface area contributed by atoms with Gasteiger partial charge < -0.3 is 0 Å². The molecule has 0 aromatic carbocycles. The van der Waals surface area contributed by atoms with Crippen LogP contribution in [0.3, 0.4) is 0 Å². The van der Waals surface area contributed by atoms with E-state index in [2.05, 4.69) is 25.6 Å². The summed E-state index contributed by atoms with van der Waals surface area (Å²) < 4.78 is 0. The van der Waals surface area contributed by atoms with Crippen molar-refractivity contribution in [2.24, 2.45) is 10.9 Å². The summed E-state index contributed by atoms with van der Waals surface area (Å²) in [6.45, 7) is 5.69. The molecular formula is C20H39NS. The summed E-state index contributed by atoms with van der Waals surface area (Å²) in [7, 11) is 0. The van der Waals surface area contributed by atoms with Gasteiger partial charge in [-0.25, -0.2) is 0 Å². The van der Waals surface area contributed by atoms with E-state index >= 15 is 0 Å². The molecule has 1 aliphatic heterocycles. The van der Waals surface area contributed by atoms with E-state index in [9.17, 15) is 0 Å². The van der Waals surface area contributed by atoms with Crippen LogP contribution in [0.15, 0.2) is 4.99 Å². The Balaban J connectivity index is 2.40. The molecule has 0 aliphatic carbocycles. The predicted molar refractivity (Wildman–Crippen MR) is 104 cm³/mol. The van der Waals surface area contributed by atoms with Gasteiger partial charge in [0.15, 0.2) is 0 Å². The van der Waals surface area contributed by atoms with Crippen LogP contribution in [-0.4, -0.2) is 17.3 Å². The van der Waals surface area contributed by atoms with Crippen molar-refractivity contribution in [3.63, 3.8) is 0 Å². The summed E-state index contributed by atoms with van der Waals surface area (Å²) in [5, 5.41) is 1.52. The van der Waals surface area contributed by atoms with Gasteiger partial charge in [0.05, 0.1) is 5.04 Å². The highest BCUT2D eigenvalue weighted by molar-refractivity contribution is 8.13. The van der Waals surface area contributed by atoms with E-state index in [1.807, 2.05) is 0 Å². The van der Waals surface area contributed by atoms with Gasteiger partial charge in [-0.1, -0.05) is 78.1 Å². The highest BCUT2D eigenvalue weighted by Gasteiger charge is 2.17. The lowest BCUT2D eigenvalue weighted by Gasteiger charge is -2.21. The first-order valence-electron chi connectivity index (χ1n) is 10.1. The Kier molecular flexibility index (Phi) is 13.3. The highest BCUT2D eigenvalue weighted by Crippen LogP contribution is 2.27. The van der Waals surface area contributed by atoms with E-state index in [4.69, 9.17) is 4.99 Å². The van der Waals surface area contributed by atoms with Gasteiger partial charge in [-0.2, -0.15) is 0 Å². The number of aliphatic imine (C=N–C) groups is 1. The van der Waals surface area contributed by atoms with E-state index in [1.165, 1.54) is 101 Å². The third-order valence-electron chi connectivity index (χ3n) is 4.73. The fraction of sp³-hybridized carbons (Fsp3) is 0.950. The summed E-state index contributed by atoms with van der Waals surface area (Å²) in [6, 6.07) is 0. The van der Waals surface area contributed by atoms with Crippen molar-refractivity contribution in [2.45, 2.75) is 104 Å². The summed E-state index contributed by atoms with van der Waals surface area (Å²) in [5.74, 6) is 2.08. The Labute approximate surface area is 144 Å². The van der Waals surface area contributed by atoms with Crippen molar-refractivity contribution >= 4 is 16.8 Å². The predicted octanol–water partition coefficient (Wildman–Crippen LogP) is 7.25. The van der Waals surface area contributed by atoms with Crippen LogP contribution in [0.4, 0.5) is 0 Å². The summed E-state index contributed by atoms with van der Waals surface area (Å²) in [5.41, 5.74) is 0. The van der Waals surface area contributed by atoms with Crippen LogP contribution >= 0.6 is 11.8 Å². The number of hydrogen-bond donors (Lipinski definition) is 0. The van der Waals surface area contributed by atoms with Crippen LogP contribution in [0, 0.1) is 5.92 Å². The minimum Gasteiger partial charge on any atom is -0.283 e. The monoisotopic (exact) mass is 325 g/mol. The Morgan fingerprint density at radius 1 is 0.818 bits per heavy atom.